The number of sulfonamides is 1. The maximum absolute atomic E-state index is 13.0. The van der Waals surface area contributed by atoms with E-state index in [1.807, 2.05) is 0 Å². The first kappa shape index (κ1) is 19.7. The van der Waals surface area contributed by atoms with E-state index in [0.29, 0.717) is 10.8 Å². The Kier molecular flexibility index (Phi) is 6.05. The van der Waals surface area contributed by atoms with Crippen molar-refractivity contribution in [3.63, 3.8) is 0 Å². The standard InChI is InChI=1S/C18H21FN4O2S2/c19-15-3-1-14(2-4-15)13-22-9-11-23(12-10-22)18(26)21-16-5-7-17(8-6-16)27(20,24)25/h1-8H,9-13H2,(H,21,26)(H2,20,24,25). The molecule has 9 heteroatoms. The lowest BCUT2D eigenvalue weighted by Gasteiger charge is -2.36. The predicted octanol–water partition coefficient (Wildman–Crippen LogP) is 1.99. The van der Waals surface area contributed by atoms with Gasteiger partial charge in [-0.2, -0.15) is 0 Å². The number of primary sulfonamides is 1. The van der Waals surface area contributed by atoms with Crippen LogP contribution in [0, 0.1) is 5.82 Å². The first-order chi connectivity index (χ1) is 12.8. The summed E-state index contributed by atoms with van der Waals surface area (Å²) in [6.07, 6.45) is 0. The van der Waals surface area contributed by atoms with Gasteiger partial charge in [0.2, 0.25) is 10.0 Å². The molecule has 0 atom stereocenters. The number of hydrogen-bond acceptors (Lipinski definition) is 4. The third kappa shape index (κ3) is 5.46. The van der Waals surface area contributed by atoms with Crippen LogP contribution >= 0.6 is 12.2 Å². The largest absolute Gasteiger partial charge is 0.346 e. The number of thiocarbonyl (C=S) groups is 1. The van der Waals surface area contributed by atoms with Crippen molar-refractivity contribution < 1.29 is 12.8 Å². The number of halogens is 1. The van der Waals surface area contributed by atoms with Gasteiger partial charge >= 0.3 is 0 Å². The van der Waals surface area contributed by atoms with Crippen LogP contribution in [0.15, 0.2) is 53.4 Å². The Morgan fingerprint density at radius 2 is 1.63 bits per heavy atom. The molecule has 0 bridgehead atoms. The third-order valence-corrected chi connectivity index (χ3v) is 5.70. The highest BCUT2D eigenvalue weighted by Gasteiger charge is 2.19. The molecule has 0 amide bonds. The van der Waals surface area contributed by atoms with Gasteiger partial charge < -0.3 is 10.2 Å². The highest BCUT2D eigenvalue weighted by atomic mass is 32.2. The molecule has 6 nitrogen and oxygen atoms in total. The first-order valence-electron chi connectivity index (χ1n) is 8.47. The van der Waals surface area contributed by atoms with Crippen molar-refractivity contribution in [2.45, 2.75) is 11.4 Å². The van der Waals surface area contributed by atoms with E-state index in [-0.39, 0.29) is 10.7 Å². The van der Waals surface area contributed by atoms with Gasteiger partial charge in [0, 0.05) is 38.4 Å². The van der Waals surface area contributed by atoms with Gasteiger partial charge in [0.05, 0.1) is 4.90 Å². The molecule has 0 spiro atoms. The van der Waals surface area contributed by atoms with Gasteiger partial charge in [0.1, 0.15) is 5.82 Å². The van der Waals surface area contributed by atoms with E-state index in [1.165, 1.54) is 24.3 Å². The summed E-state index contributed by atoms with van der Waals surface area (Å²) in [6.45, 7) is 4.04. The molecule has 3 rings (SSSR count). The Bertz CT molecular complexity index is 894. The monoisotopic (exact) mass is 408 g/mol. The summed E-state index contributed by atoms with van der Waals surface area (Å²) in [6, 6.07) is 12.7. The zero-order chi connectivity index (χ0) is 19.4. The lowest BCUT2D eigenvalue weighted by molar-refractivity contribution is 0.177. The van der Waals surface area contributed by atoms with E-state index in [2.05, 4.69) is 15.1 Å². The van der Waals surface area contributed by atoms with Gasteiger partial charge in [0.15, 0.2) is 5.11 Å². The zero-order valence-electron chi connectivity index (χ0n) is 14.6. The summed E-state index contributed by atoms with van der Waals surface area (Å²) >= 11 is 5.46. The van der Waals surface area contributed by atoms with Crippen LogP contribution in [0.5, 0.6) is 0 Å². The first-order valence-corrected chi connectivity index (χ1v) is 10.4. The smallest absolute Gasteiger partial charge is 0.238 e. The molecule has 0 aromatic heterocycles. The second-order valence-corrected chi connectivity index (χ2v) is 8.34. The number of rotatable bonds is 4. The normalized spacial score (nSPS) is 15.6. The number of benzene rings is 2. The van der Waals surface area contributed by atoms with Crippen molar-refractivity contribution in [1.82, 2.24) is 9.80 Å². The fraction of sp³-hybridized carbons (Fsp3) is 0.278. The number of nitrogens with zero attached hydrogens (tertiary/aromatic N) is 2. The number of anilines is 1. The molecule has 0 aliphatic carbocycles. The van der Waals surface area contributed by atoms with E-state index in [0.717, 1.165) is 38.3 Å². The quantitative estimate of drug-likeness (QED) is 0.754. The Morgan fingerprint density at radius 3 is 2.19 bits per heavy atom. The fourth-order valence-corrected chi connectivity index (χ4v) is 3.70. The Morgan fingerprint density at radius 1 is 1.04 bits per heavy atom. The number of nitrogens with one attached hydrogen (secondary N) is 1. The van der Waals surface area contributed by atoms with E-state index >= 15 is 0 Å². The van der Waals surface area contributed by atoms with Crippen LogP contribution in [0.1, 0.15) is 5.56 Å². The second-order valence-electron chi connectivity index (χ2n) is 6.39. The molecule has 0 radical (unpaired) electrons. The molecule has 2 aromatic rings. The lowest BCUT2D eigenvalue weighted by Crippen LogP contribution is -2.49. The summed E-state index contributed by atoms with van der Waals surface area (Å²) in [5.41, 5.74) is 1.79. The third-order valence-electron chi connectivity index (χ3n) is 4.41. The van der Waals surface area contributed by atoms with Gasteiger partial charge in [-0.15, -0.1) is 0 Å². The van der Waals surface area contributed by atoms with Gasteiger partial charge in [-0.25, -0.2) is 17.9 Å². The van der Waals surface area contributed by atoms with E-state index < -0.39 is 10.0 Å². The van der Waals surface area contributed by atoms with Gasteiger partial charge in [-0.05, 0) is 54.2 Å². The molecule has 27 heavy (non-hydrogen) atoms. The molecular weight excluding hydrogens is 387 g/mol. The summed E-state index contributed by atoms with van der Waals surface area (Å²) in [4.78, 5) is 4.44. The highest BCUT2D eigenvalue weighted by molar-refractivity contribution is 7.89. The Balaban J connectivity index is 1.50. The van der Waals surface area contributed by atoms with Crippen molar-refractivity contribution in [3.05, 3.63) is 59.9 Å². The van der Waals surface area contributed by atoms with Crippen LogP contribution in [0.2, 0.25) is 0 Å². The van der Waals surface area contributed by atoms with E-state index in [4.69, 9.17) is 17.4 Å². The van der Waals surface area contributed by atoms with Crippen LogP contribution in [0.25, 0.3) is 0 Å². The van der Waals surface area contributed by atoms with Crippen molar-refractivity contribution in [2.24, 2.45) is 5.14 Å². The minimum Gasteiger partial charge on any atom is -0.346 e. The van der Waals surface area contributed by atoms with Gasteiger partial charge in [-0.3, -0.25) is 4.90 Å². The Labute approximate surface area is 163 Å². The SMILES string of the molecule is NS(=O)(=O)c1ccc(NC(=S)N2CCN(Cc3ccc(F)cc3)CC2)cc1. The number of nitrogens with two attached hydrogens (primary N) is 1. The molecule has 1 heterocycles. The molecule has 2 aromatic carbocycles. The molecule has 1 aliphatic rings. The molecule has 0 unspecified atom stereocenters. The van der Waals surface area contributed by atoms with E-state index in [1.54, 1.807) is 24.3 Å². The van der Waals surface area contributed by atoms with Gasteiger partial charge in [0.25, 0.3) is 0 Å². The molecule has 3 N–H and O–H groups in total. The van der Waals surface area contributed by atoms with Crippen LogP contribution in [0.4, 0.5) is 10.1 Å². The molecule has 144 valence electrons. The summed E-state index contributed by atoms with van der Waals surface area (Å²) < 4.78 is 35.6. The molecular formula is C18H21FN4O2S2. The summed E-state index contributed by atoms with van der Waals surface area (Å²) in [5, 5.41) is 8.81. The molecule has 1 fully saturated rings. The lowest BCUT2D eigenvalue weighted by atomic mass is 10.2. The maximum Gasteiger partial charge on any atom is 0.238 e. The van der Waals surface area contributed by atoms with Crippen LogP contribution < -0.4 is 10.5 Å². The maximum atomic E-state index is 13.0. The second kappa shape index (κ2) is 8.30. The minimum absolute atomic E-state index is 0.0633. The summed E-state index contributed by atoms with van der Waals surface area (Å²) in [7, 11) is -3.70. The topological polar surface area (TPSA) is 78.7 Å². The predicted molar refractivity (Wildman–Crippen MR) is 107 cm³/mol. The van der Waals surface area contributed by atoms with Crippen LogP contribution in [-0.4, -0.2) is 49.5 Å². The summed E-state index contributed by atoms with van der Waals surface area (Å²) in [5.74, 6) is -0.225. The average molecular weight is 409 g/mol. The van der Waals surface area contributed by atoms with Crippen molar-refractivity contribution >= 4 is 33.0 Å². The highest BCUT2D eigenvalue weighted by Crippen LogP contribution is 2.15. The van der Waals surface area contributed by atoms with E-state index in [9.17, 15) is 12.8 Å². The Hall–Kier alpha value is -2.07. The van der Waals surface area contributed by atoms with Gasteiger partial charge in [-0.1, -0.05) is 12.1 Å². The van der Waals surface area contributed by atoms with Crippen molar-refractivity contribution in [1.29, 1.82) is 0 Å². The zero-order valence-corrected chi connectivity index (χ0v) is 16.3. The fourth-order valence-electron chi connectivity index (χ4n) is 2.89. The molecule has 1 saturated heterocycles. The van der Waals surface area contributed by atoms with Crippen molar-refractivity contribution in [3.8, 4) is 0 Å². The van der Waals surface area contributed by atoms with Crippen LogP contribution in [-0.2, 0) is 16.6 Å². The number of piperazine rings is 1. The van der Waals surface area contributed by atoms with Crippen LogP contribution in [0.3, 0.4) is 0 Å². The molecule has 0 saturated carbocycles. The average Bonchev–Trinajstić information content (AvgIpc) is 2.64. The molecule has 1 aliphatic heterocycles. The minimum atomic E-state index is -3.70. The number of hydrogen-bond donors (Lipinski definition) is 2. The van der Waals surface area contributed by atoms with Crippen molar-refractivity contribution in [2.75, 3.05) is 31.5 Å².